The Morgan fingerprint density at radius 3 is 2.79 bits per heavy atom. The van der Waals surface area contributed by atoms with Crippen LogP contribution in [0.5, 0.6) is 0 Å². The summed E-state index contributed by atoms with van der Waals surface area (Å²) in [7, 11) is 1.45. The van der Waals surface area contributed by atoms with Crippen LogP contribution in [0.2, 0.25) is 0 Å². The Kier molecular flexibility index (Phi) is 4.83. The Bertz CT molecular complexity index is 540. The van der Waals surface area contributed by atoms with Gasteiger partial charge in [-0.3, -0.25) is 0 Å². The normalized spacial score (nSPS) is 9.53. The van der Waals surface area contributed by atoms with Crippen molar-refractivity contribution in [3.8, 4) is 6.07 Å². The summed E-state index contributed by atoms with van der Waals surface area (Å²) < 4.78 is 13.1. The van der Waals surface area contributed by atoms with Gasteiger partial charge in [-0.2, -0.15) is 5.26 Å². The molecular weight excluding hydrogens is 253 g/mol. The third-order valence-corrected chi connectivity index (χ3v) is 2.36. The van der Waals surface area contributed by atoms with Crippen molar-refractivity contribution < 1.29 is 19.1 Å². The average molecular weight is 265 g/mol. The lowest BCUT2D eigenvalue weighted by atomic mass is 10.2. The van der Waals surface area contributed by atoms with Gasteiger partial charge in [0.25, 0.3) is 0 Å². The monoisotopic (exact) mass is 265 g/mol. The SMILES string of the molecule is CN(CCC#N)C(=O)Nc1cc(F)ccc1C(=O)O. The molecule has 0 aliphatic heterocycles. The molecule has 0 bridgehead atoms. The molecule has 2 amide bonds. The molecule has 0 aliphatic carbocycles. The number of carbonyl (C=O) groups excluding carboxylic acids is 1. The lowest BCUT2D eigenvalue weighted by Gasteiger charge is -2.17. The number of amides is 2. The van der Waals surface area contributed by atoms with E-state index in [9.17, 15) is 14.0 Å². The molecule has 0 unspecified atom stereocenters. The molecule has 0 fully saturated rings. The minimum Gasteiger partial charge on any atom is -0.478 e. The first-order valence-electron chi connectivity index (χ1n) is 5.37. The van der Waals surface area contributed by atoms with Gasteiger partial charge in [-0.25, -0.2) is 14.0 Å². The van der Waals surface area contributed by atoms with Crippen LogP contribution in [0.1, 0.15) is 16.8 Å². The number of carboxylic acids is 1. The van der Waals surface area contributed by atoms with Crippen molar-refractivity contribution in [2.24, 2.45) is 0 Å². The van der Waals surface area contributed by atoms with Crippen LogP contribution < -0.4 is 5.32 Å². The van der Waals surface area contributed by atoms with E-state index in [4.69, 9.17) is 10.4 Å². The van der Waals surface area contributed by atoms with Crippen LogP contribution in [0.4, 0.5) is 14.9 Å². The van der Waals surface area contributed by atoms with Crippen molar-refractivity contribution in [1.82, 2.24) is 4.90 Å². The number of halogens is 1. The molecular formula is C12H12FN3O3. The number of benzene rings is 1. The minimum absolute atomic E-state index is 0.124. The van der Waals surface area contributed by atoms with Gasteiger partial charge in [-0.1, -0.05) is 0 Å². The van der Waals surface area contributed by atoms with Crippen LogP contribution in [0.15, 0.2) is 18.2 Å². The van der Waals surface area contributed by atoms with Crippen molar-refractivity contribution >= 4 is 17.7 Å². The van der Waals surface area contributed by atoms with E-state index in [0.29, 0.717) is 0 Å². The summed E-state index contributed by atoms with van der Waals surface area (Å²) in [6.07, 6.45) is 0.152. The first-order valence-corrected chi connectivity index (χ1v) is 5.37. The van der Waals surface area contributed by atoms with E-state index in [1.54, 1.807) is 0 Å². The number of urea groups is 1. The molecule has 0 spiro atoms. The topological polar surface area (TPSA) is 93.4 Å². The van der Waals surface area contributed by atoms with Gasteiger partial charge >= 0.3 is 12.0 Å². The number of rotatable bonds is 4. The number of nitrogens with zero attached hydrogens (tertiary/aromatic N) is 2. The highest BCUT2D eigenvalue weighted by atomic mass is 19.1. The summed E-state index contributed by atoms with van der Waals surface area (Å²) in [6, 6.07) is 4.27. The van der Waals surface area contributed by atoms with Crippen LogP contribution in [-0.2, 0) is 0 Å². The number of nitriles is 1. The van der Waals surface area contributed by atoms with Gasteiger partial charge in [0.1, 0.15) is 5.82 Å². The second-order valence-corrected chi connectivity index (χ2v) is 3.75. The molecule has 0 aromatic heterocycles. The molecule has 0 saturated heterocycles. The predicted octanol–water partition coefficient (Wildman–Crippen LogP) is 1.90. The summed E-state index contributed by atoms with van der Waals surface area (Å²) >= 11 is 0. The summed E-state index contributed by atoms with van der Waals surface area (Å²) in [5.74, 6) is -1.92. The average Bonchev–Trinajstić information content (AvgIpc) is 2.35. The number of aromatic carboxylic acids is 1. The van der Waals surface area contributed by atoms with E-state index in [0.717, 1.165) is 18.2 Å². The second-order valence-electron chi connectivity index (χ2n) is 3.75. The van der Waals surface area contributed by atoms with Crippen LogP contribution in [0, 0.1) is 17.1 Å². The fraction of sp³-hybridized carbons (Fsp3) is 0.250. The molecule has 6 nitrogen and oxygen atoms in total. The van der Waals surface area contributed by atoms with E-state index < -0.39 is 17.8 Å². The lowest BCUT2D eigenvalue weighted by molar-refractivity contribution is 0.0698. The summed E-state index contributed by atoms with van der Waals surface area (Å²) in [6.45, 7) is 0.194. The van der Waals surface area contributed by atoms with Crippen molar-refractivity contribution in [2.45, 2.75) is 6.42 Å². The summed E-state index contributed by atoms with van der Waals surface area (Å²) in [5.41, 5.74) is -0.329. The summed E-state index contributed by atoms with van der Waals surface area (Å²) in [5, 5.41) is 19.6. The molecule has 7 heteroatoms. The van der Waals surface area contributed by atoms with E-state index in [1.165, 1.54) is 11.9 Å². The highest BCUT2D eigenvalue weighted by Gasteiger charge is 2.15. The zero-order chi connectivity index (χ0) is 14.4. The fourth-order valence-electron chi connectivity index (χ4n) is 1.34. The van der Waals surface area contributed by atoms with Gasteiger partial charge in [0.2, 0.25) is 0 Å². The van der Waals surface area contributed by atoms with E-state index in [1.807, 2.05) is 6.07 Å². The molecule has 1 rings (SSSR count). The van der Waals surface area contributed by atoms with E-state index >= 15 is 0 Å². The maximum absolute atomic E-state index is 13.1. The molecule has 0 saturated carbocycles. The lowest BCUT2D eigenvalue weighted by Crippen LogP contribution is -2.32. The van der Waals surface area contributed by atoms with Crippen molar-refractivity contribution in [1.29, 1.82) is 5.26 Å². The van der Waals surface area contributed by atoms with Gasteiger partial charge in [0.05, 0.1) is 23.7 Å². The van der Waals surface area contributed by atoms with Gasteiger partial charge in [-0.15, -0.1) is 0 Å². The Balaban J connectivity index is 2.87. The van der Waals surface area contributed by atoms with Crippen LogP contribution >= 0.6 is 0 Å². The third-order valence-electron chi connectivity index (χ3n) is 2.36. The molecule has 100 valence electrons. The predicted molar refractivity (Wildman–Crippen MR) is 65.2 cm³/mol. The first kappa shape index (κ1) is 14.4. The highest BCUT2D eigenvalue weighted by molar-refractivity contribution is 5.99. The van der Waals surface area contributed by atoms with E-state index in [2.05, 4.69) is 5.32 Å². The van der Waals surface area contributed by atoms with Gasteiger partial charge < -0.3 is 15.3 Å². The first-order chi connectivity index (χ1) is 8.95. The smallest absolute Gasteiger partial charge is 0.337 e. The summed E-state index contributed by atoms with van der Waals surface area (Å²) in [4.78, 5) is 23.8. The Morgan fingerprint density at radius 1 is 1.53 bits per heavy atom. The standard InChI is InChI=1S/C12H12FN3O3/c1-16(6-2-5-14)12(19)15-10-7-8(13)3-4-9(10)11(17)18/h3-4,7H,2,6H2,1H3,(H,15,19)(H,17,18). The van der Waals surface area contributed by atoms with Crippen LogP contribution in [0.3, 0.4) is 0 Å². The van der Waals surface area contributed by atoms with E-state index in [-0.39, 0.29) is 24.2 Å². The van der Waals surface area contributed by atoms with Crippen LogP contribution in [-0.4, -0.2) is 35.6 Å². The maximum atomic E-state index is 13.1. The molecule has 2 N–H and O–H groups in total. The number of nitrogens with one attached hydrogen (secondary N) is 1. The number of carboxylic acid groups (broad SMARTS) is 1. The minimum atomic E-state index is -1.27. The molecule has 0 radical (unpaired) electrons. The Labute approximate surface area is 109 Å². The van der Waals surface area contributed by atoms with Gasteiger partial charge in [0.15, 0.2) is 0 Å². The van der Waals surface area contributed by atoms with Crippen molar-refractivity contribution in [2.75, 3.05) is 18.9 Å². The molecule has 0 atom stereocenters. The molecule has 19 heavy (non-hydrogen) atoms. The quantitative estimate of drug-likeness (QED) is 0.869. The molecule has 0 heterocycles. The maximum Gasteiger partial charge on any atom is 0.337 e. The zero-order valence-corrected chi connectivity index (χ0v) is 10.2. The Morgan fingerprint density at radius 2 is 2.21 bits per heavy atom. The van der Waals surface area contributed by atoms with Crippen molar-refractivity contribution in [3.63, 3.8) is 0 Å². The van der Waals surface area contributed by atoms with Crippen LogP contribution in [0.25, 0.3) is 0 Å². The van der Waals surface area contributed by atoms with Crippen molar-refractivity contribution in [3.05, 3.63) is 29.6 Å². The second kappa shape index (κ2) is 6.35. The number of hydrogen-bond donors (Lipinski definition) is 2. The zero-order valence-electron chi connectivity index (χ0n) is 10.2. The van der Waals surface area contributed by atoms with Gasteiger partial charge in [-0.05, 0) is 18.2 Å². The molecule has 1 aromatic rings. The number of hydrogen-bond acceptors (Lipinski definition) is 3. The molecule has 1 aromatic carbocycles. The Hall–Kier alpha value is -2.62. The third kappa shape index (κ3) is 3.96. The highest BCUT2D eigenvalue weighted by Crippen LogP contribution is 2.17. The van der Waals surface area contributed by atoms with Gasteiger partial charge in [0, 0.05) is 13.6 Å². The number of anilines is 1. The number of carbonyl (C=O) groups is 2. The molecule has 0 aliphatic rings. The fourth-order valence-corrected chi connectivity index (χ4v) is 1.34. The largest absolute Gasteiger partial charge is 0.478 e.